The van der Waals surface area contributed by atoms with E-state index in [2.05, 4.69) is 34.4 Å². The summed E-state index contributed by atoms with van der Waals surface area (Å²) in [7, 11) is 1.50. The van der Waals surface area contributed by atoms with Gasteiger partial charge < -0.3 is 34.4 Å². The van der Waals surface area contributed by atoms with Crippen molar-refractivity contribution in [3.8, 4) is 0 Å². The third-order valence-corrected chi connectivity index (χ3v) is 11.2. The predicted molar refractivity (Wildman–Crippen MR) is 199 cm³/mol. The molecule has 12 heteroatoms. The Morgan fingerprint density at radius 3 is 2.38 bits per heavy atom. The van der Waals surface area contributed by atoms with Crippen LogP contribution >= 0.6 is 15.9 Å². The highest BCUT2D eigenvalue weighted by atomic mass is 79.9. The highest BCUT2D eigenvalue weighted by molar-refractivity contribution is 9.09. The van der Waals surface area contributed by atoms with Crippen LogP contribution in [0.5, 0.6) is 0 Å². The smallest absolute Gasteiger partial charge is 0.313 e. The van der Waals surface area contributed by atoms with Crippen LogP contribution in [-0.4, -0.2) is 101 Å². The van der Waals surface area contributed by atoms with Gasteiger partial charge in [-0.15, -0.1) is 13.2 Å². The molecule has 0 saturated carbocycles. The van der Waals surface area contributed by atoms with Crippen molar-refractivity contribution in [2.75, 3.05) is 33.4 Å². The Labute approximate surface area is 314 Å². The van der Waals surface area contributed by atoms with Crippen molar-refractivity contribution in [2.24, 2.45) is 11.8 Å². The molecule has 0 aliphatic carbocycles. The van der Waals surface area contributed by atoms with E-state index in [0.29, 0.717) is 30.5 Å². The fourth-order valence-corrected chi connectivity index (χ4v) is 9.02. The lowest BCUT2D eigenvalue weighted by atomic mass is 9.70. The molecule has 52 heavy (non-hydrogen) atoms. The lowest BCUT2D eigenvalue weighted by molar-refractivity contribution is -0.163. The maximum absolute atomic E-state index is 14.9. The molecule has 2 aromatic rings. The molecule has 0 radical (unpaired) electrons. The van der Waals surface area contributed by atoms with Crippen LogP contribution in [0.4, 0.5) is 0 Å². The number of methoxy groups -OCH3 is 1. The van der Waals surface area contributed by atoms with Crippen molar-refractivity contribution < 1.29 is 38.5 Å². The van der Waals surface area contributed by atoms with Crippen molar-refractivity contribution in [1.82, 2.24) is 15.1 Å². The molecule has 1 spiro atoms. The zero-order valence-corrected chi connectivity index (χ0v) is 31.5. The van der Waals surface area contributed by atoms with Gasteiger partial charge >= 0.3 is 5.97 Å². The number of fused-ring (bicyclic) bond motifs is 1. The lowest BCUT2D eigenvalue weighted by Gasteiger charge is -2.39. The van der Waals surface area contributed by atoms with Crippen LogP contribution < -0.4 is 5.32 Å². The van der Waals surface area contributed by atoms with Gasteiger partial charge in [-0.25, -0.2) is 0 Å². The number of unbranched alkanes of at least 4 members (excludes halogenated alkanes) is 1. The van der Waals surface area contributed by atoms with Crippen molar-refractivity contribution >= 4 is 39.6 Å². The van der Waals surface area contributed by atoms with Crippen LogP contribution in [0.1, 0.15) is 62.3 Å². The van der Waals surface area contributed by atoms with Gasteiger partial charge in [-0.3, -0.25) is 19.2 Å². The van der Waals surface area contributed by atoms with Crippen LogP contribution in [0.25, 0.3) is 0 Å². The summed E-state index contributed by atoms with van der Waals surface area (Å²) in [6, 6.07) is 15.4. The third kappa shape index (κ3) is 7.76. The molecule has 9 atom stereocenters. The number of halogens is 1. The van der Waals surface area contributed by atoms with Crippen LogP contribution in [0.2, 0.25) is 0 Å². The zero-order chi connectivity index (χ0) is 37.4. The molecule has 11 nitrogen and oxygen atoms in total. The minimum atomic E-state index is -1.38. The number of aliphatic hydroxyl groups excluding tert-OH is 1. The van der Waals surface area contributed by atoms with Crippen molar-refractivity contribution in [2.45, 2.75) is 79.8 Å². The summed E-state index contributed by atoms with van der Waals surface area (Å²) in [6.07, 6.45) is 4.12. The van der Waals surface area contributed by atoms with E-state index in [1.54, 1.807) is 41.3 Å². The third-order valence-electron chi connectivity index (χ3n) is 10.4. The number of nitrogens with zero attached hydrogens (tertiary/aromatic N) is 2. The van der Waals surface area contributed by atoms with Crippen LogP contribution in [0.3, 0.4) is 0 Å². The first-order valence-corrected chi connectivity index (χ1v) is 18.9. The molecule has 3 aliphatic rings. The molecule has 0 aromatic heterocycles. The number of carbonyl (C=O) groups excluding carboxylic acids is 4. The SMILES string of the molecule is C=CCCC(=O)N[C@H](COC)[C@H](OC(=O)[C@@H]1[C@H]2O[C@@]3(CC2Br)[C@H](C(=O)N(CC=C)CCCC)N([C@H](CO)c2ccccc2)C(=O)[C@@H]13)c1ccccc1. The molecule has 2 bridgehead atoms. The number of nitrogens with one attached hydrogen (secondary N) is 1. The summed E-state index contributed by atoms with van der Waals surface area (Å²) < 4.78 is 18.6. The molecule has 5 rings (SSSR count). The number of amides is 3. The first-order chi connectivity index (χ1) is 25.2. The number of rotatable bonds is 19. The normalized spacial score (nSPS) is 26.3. The molecule has 2 N–H and O–H groups in total. The standard InChI is InChI=1S/C40H50BrN3O8/c1-5-8-20-31(46)42-29(25-50-4)34(27-18-14-11-15-19-27)51-39(49)32-33-37(47)44(30(24-45)26-16-12-10-13-17-26)36(40(33)23-28(41)35(32)52-40)38(48)43(21-7-3)22-9-6-2/h5,7,10-19,28-30,32-36,45H,1,3,6,8-9,20-25H2,2,4H3,(H,42,46)/t28?,29-,30-,32+,33-,34-,35+,36+,40-/m1/s1. The molecule has 3 heterocycles. The molecular weight excluding hydrogens is 730 g/mol. The van der Waals surface area contributed by atoms with Crippen LogP contribution in [0.15, 0.2) is 86.0 Å². The van der Waals surface area contributed by atoms with E-state index in [1.165, 1.54) is 12.0 Å². The Kier molecular flexibility index (Phi) is 13.5. The lowest BCUT2D eigenvalue weighted by Crippen LogP contribution is -2.57. The second-order valence-electron chi connectivity index (χ2n) is 13.7. The largest absolute Gasteiger partial charge is 0.455 e. The van der Waals surface area contributed by atoms with Gasteiger partial charge in [0.15, 0.2) is 0 Å². The van der Waals surface area contributed by atoms with Gasteiger partial charge in [0.05, 0.1) is 43.2 Å². The van der Waals surface area contributed by atoms with E-state index < -0.39 is 66.3 Å². The molecule has 3 aliphatic heterocycles. The van der Waals surface area contributed by atoms with Gasteiger partial charge in [-0.05, 0) is 30.4 Å². The molecular formula is C40H50BrN3O8. The van der Waals surface area contributed by atoms with E-state index in [-0.39, 0.29) is 36.2 Å². The average Bonchev–Trinajstić information content (AvgIpc) is 3.75. The topological polar surface area (TPSA) is 135 Å². The van der Waals surface area contributed by atoms with Gasteiger partial charge in [0.25, 0.3) is 0 Å². The maximum atomic E-state index is 14.9. The van der Waals surface area contributed by atoms with Gasteiger partial charge in [-0.1, -0.05) is 102 Å². The maximum Gasteiger partial charge on any atom is 0.313 e. The van der Waals surface area contributed by atoms with E-state index in [9.17, 15) is 24.3 Å². The molecule has 280 valence electrons. The Hall–Kier alpha value is -3.84. The second kappa shape index (κ2) is 17.8. The van der Waals surface area contributed by atoms with E-state index in [1.807, 2.05) is 43.3 Å². The minimum absolute atomic E-state index is 0.0428. The van der Waals surface area contributed by atoms with Crippen LogP contribution in [-0.2, 0) is 33.4 Å². The summed E-state index contributed by atoms with van der Waals surface area (Å²) in [4.78, 5) is 60.1. The first kappa shape index (κ1) is 39.4. The second-order valence-corrected chi connectivity index (χ2v) is 14.8. The number of hydrogen-bond donors (Lipinski definition) is 2. The quantitative estimate of drug-likeness (QED) is 0.120. The van der Waals surface area contributed by atoms with E-state index >= 15 is 0 Å². The summed E-state index contributed by atoms with van der Waals surface area (Å²) in [6.45, 7) is 9.90. The summed E-state index contributed by atoms with van der Waals surface area (Å²) in [5, 5.41) is 13.8. The van der Waals surface area contributed by atoms with Crippen molar-refractivity contribution in [3.05, 3.63) is 97.1 Å². The number of hydrogen-bond acceptors (Lipinski definition) is 8. The molecule has 2 aromatic carbocycles. The van der Waals surface area contributed by atoms with E-state index in [0.717, 1.165) is 12.8 Å². The average molecular weight is 781 g/mol. The zero-order valence-electron chi connectivity index (χ0n) is 29.9. The fourth-order valence-electron chi connectivity index (χ4n) is 8.08. The van der Waals surface area contributed by atoms with Crippen molar-refractivity contribution in [1.29, 1.82) is 0 Å². The number of allylic oxidation sites excluding steroid dienone is 1. The summed E-state index contributed by atoms with van der Waals surface area (Å²) >= 11 is 3.74. The predicted octanol–water partition coefficient (Wildman–Crippen LogP) is 4.66. The van der Waals surface area contributed by atoms with Gasteiger partial charge in [-0.2, -0.15) is 0 Å². The Bertz CT molecular complexity index is 1580. The first-order valence-electron chi connectivity index (χ1n) is 18.0. The highest BCUT2D eigenvalue weighted by Crippen LogP contribution is 2.61. The van der Waals surface area contributed by atoms with Gasteiger partial charge in [0, 0.05) is 31.4 Å². The van der Waals surface area contributed by atoms with Gasteiger partial charge in [0.1, 0.15) is 17.7 Å². The Morgan fingerprint density at radius 1 is 1.12 bits per heavy atom. The van der Waals surface area contributed by atoms with Crippen LogP contribution in [0, 0.1) is 11.8 Å². The number of esters is 1. The number of likely N-dealkylation sites (tertiary alicyclic amines) is 1. The van der Waals surface area contributed by atoms with E-state index in [4.69, 9.17) is 14.2 Å². The Balaban J connectivity index is 1.56. The number of benzene rings is 2. The van der Waals surface area contributed by atoms with Gasteiger partial charge in [0.2, 0.25) is 17.7 Å². The minimum Gasteiger partial charge on any atom is -0.455 e. The molecule has 1 unspecified atom stereocenters. The Morgan fingerprint density at radius 2 is 1.79 bits per heavy atom. The number of carbonyl (C=O) groups is 4. The monoisotopic (exact) mass is 779 g/mol. The molecule has 3 saturated heterocycles. The fraction of sp³-hybridized carbons (Fsp3) is 0.500. The highest BCUT2D eigenvalue weighted by Gasteiger charge is 2.77. The number of alkyl halides is 1. The van der Waals surface area contributed by atoms with Crippen molar-refractivity contribution in [3.63, 3.8) is 0 Å². The summed E-state index contributed by atoms with van der Waals surface area (Å²) in [5.74, 6) is -3.88. The molecule has 3 fully saturated rings. The number of aliphatic hydroxyl groups is 1. The number of ether oxygens (including phenoxy) is 3. The summed E-state index contributed by atoms with van der Waals surface area (Å²) in [5.41, 5.74) is -0.0967. The molecule has 3 amide bonds.